The number of carbonyl (C=O) groups is 1. The van der Waals surface area contributed by atoms with Crippen LogP contribution in [0.2, 0.25) is 0 Å². The molecule has 2 N–H and O–H groups in total. The van der Waals surface area contributed by atoms with Crippen molar-refractivity contribution in [3.63, 3.8) is 0 Å². The average molecular weight is 399 g/mol. The standard InChI is InChI=1S/C22H21F2NO2.C2H6/c1-13-5-6-14(15-7-8-17(23)18(24)12-15)11-16(13)19-20(26)22(25-21(19)27)9-3-2-4-10-22;1-2/h5-8,11-12,26H,2-4,9-10H2,1H3,(H,25,27);1-2H3. The number of aliphatic hydroxyl groups excluding tert-OH is 1. The highest BCUT2D eigenvalue weighted by molar-refractivity contribution is 6.23. The first-order valence-corrected chi connectivity index (χ1v) is 10.2. The molecule has 1 fully saturated rings. The minimum absolute atomic E-state index is 0.109. The summed E-state index contributed by atoms with van der Waals surface area (Å²) in [4.78, 5) is 12.7. The molecule has 0 saturated heterocycles. The van der Waals surface area contributed by atoms with Crippen LogP contribution in [-0.4, -0.2) is 16.6 Å². The Morgan fingerprint density at radius 1 is 0.931 bits per heavy atom. The Morgan fingerprint density at radius 2 is 1.55 bits per heavy atom. The number of aryl methyl sites for hydroxylation is 1. The SMILES string of the molecule is CC.Cc1ccc(-c2ccc(F)c(F)c2)cc1C1=C(O)C2(CCCCC2)NC1=O. The molecule has 1 aliphatic heterocycles. The van der Waals surface area contributed by atoms with Gasteiger partial charge in [0.25, 0.3) is 5.91 Å². The van der Waals surface area contributed by atoms with Gasteiger partial charge in [-0.15, -0.1) is 0 Å². The predicted molar refractivity (Wildman–Crippen MR) is 111 cm³/mol. The first-order valence-electron chi connectivity index (χ1n) is 10.2. The van der Waals surface area contributed by atoms with Crippen molar-refractivity contribution < 1.29 is 18.7 Å². The molecule has 1 amide bonds. The maximum absolute atomic E-state index is 13.6. The smallest absolute Gasteiger partial charge is 0.256 e. The van der Waals surface area contributed by atoms with Gasteiger partial charge in [0.1, 0.15) is 5.76 Å². The van der Waals surface area contributed by atoms with E-state index in [1.54, 1.807) is 12.1 Å². The Balaban J connectivity index is 0.00000117. The number of carbonyl (C=O) groups excluding carboxylic acids is 1. The molecule has 1 heterocycles. The molecular formula is C24H27F2NO2. The van der Waals surface area contributed by atoms with Gasteiger partial charge in [0.2, 0.25) is 0 Å². The molecule has 0 bridgehead atoms. The van der Waals surface area contributed by atoms with Gasteiger partial charge >= 0.3 is 0 Å². The Kier molecular flexibility index (Phi) is 6.06. The van der Waals surface area contributed by atoms with E-state index >= 15 is 0 Å². The number of nitrogens with one attached hydrogen (secondary N) is 1. The molecule has 29 heavy (non-hydrogen) atoms. The molecule has 0 atom stereocenters. The van der Waals surface area contributed by atoms with Crippen molar-refractivity contribution in [3.05, 3.63) is 64.9 Å². The van der Waals surface area contributed by atoms with Gasteiger partial charge in [-0.25, -0.2) is 8.78 Å². The van der Waals surface area contributed by atoms with Crippen molar-refractivity contribution in [2.45, 2.75) is 58.4 Å². The summed E-state index contributed by atoms with van der Waals surface area (Å²) in [6.45, 7) is 5.86. The normalized spacial score (nSPS) is 17.8. The molecule has 4 rings (SSSR count). The minimum Gasteiger partial charge on any atom is -0.509 e. The van der Waals surface area contributed by atoms with Crippen LogP contribution in [-0.2, 0) is 4.79 Å². The van der Waals surface area contributed by atoms with Gasteiger partial charge in [-0.1, -0.05) is 51.3 Å². The highest BCUT2D eigenvalue weighted by Gasteiger charge is 2.46. The Hall–Kier alpha value is -2.69. The summed E-state index contributed by atoms with van der Waals surface area (Å²) in [6.07, 6.45) is 4.49. The van der Waals surface area contributed by atoms with Crippen LogP contribution >= 0.6 is 0 Å². The van der Waals surface area contributed by atoms with E-state index in [1.165, 1.54) is 6.07 Å². The number of benzene rings is 2. The third-order valence-corrected chi connectivity index (χ3v) is 5.74. The molecule has 0 unspecified atom stereocenters. The maximum Gasteiger partial charge on any atom is 0.256 e. The Morgan fingerprint density at radius 3 is 2.21 bits per heavy atom. The lowest BCUT2D eigenvalue weighted by Crippen LogP contribution is -2.46. The fraction of sp³-hybridized carbons (Fsp3) is 0.375. The average Bonchev–Trinajstić information content (AvgIpc) is 2.96. The summed E-state index contributed by atoms with van der Waals surface area (Å²) >= 11 is 0. The zero-order valence-corrected chi connectivity index (χ0v) is 17.1. The molecule has 0 radical (unpaired) electrons. The van der Waals surface area contributed by atoms with Gasteiger partial charge in [0, 0.05) is 0 Å². The molecule has 1 saturated carbocycles. The third-order valence-electron chi connectivity index (χ3n) is 5.74. The van der Waals surface area contributed by atoms with Crippen LogP contribution in [0, 0.1) is 18.6 Å². The molecule has 2 aromatic carbocycles. The van der Waals surface area contributed by atoms with Gasteiger partial charge in [-0.05, 0) is 60.2 Å². The molecular weight excluding hydrogens is 372 g/mol. The van der Waals surface area contributed by atoms with E-state index in [4.69, 9.17) is 0 Å². The minimum atomic E-state index is -0.920. The zero-order valence-electron chi connectivity index (χ0n) is 17.1. The largest absolute Gasteiger partial charge is 0.509 e. The van der Waals surface area contributed by atoms with E-state index in [1.807, 2.05) is 26.8 Å². The van der Waals surface area contributed by atoms with Gasteiger partial charge < -0.3 is 10.4 Å². The lowest BCUT2D eigenvalue weighted by molar-refractivity contribution is -0.116. The van der Waals surface area contributed by atoms with Gasteiger partial charge in [-0.2, -0.15) is 0 Å². The second-order valence-corrected chi connectivity index (χ2v) is 7.48. The topological polar surface area (TPSA) is 49.3 Å². The van der Waals surface area contributed by atoms with Crippen LogP contribution in [0.25, 0.3) is 16.7 Å². The summed E-state index contributed by atoms with van der Waals surface area (Å²) in [5.74, 6) is -1.99. The van der Waals surface area contributed by atoms with Crippen LogP contribution in [0.15, 0.2) is 42.2 Å². The lowest BCUT2D eigenvalue weighted by Gasteiger charge is -2.33. The van der Waals surface area contributed by atoms with Crippen LogP contribution in [0.3, 0.4) is 0 Å². The first kappa shape index (κ1) is 21.0. The summed E-state index contributed by atoms with van der Waals surface area (Å²) in [5, 5.41) is 13.9. The summed E-state index contributed by atoms with van der Waals surface area (Å²) < 4.78 is 26.9. The number of aliphatic hydroxyl groups is 1. The van der Waals surface area contributed by atoms with Crippen molar-refractivity contribution in [2.75, 3.05) is 0 Å². The predicted octanol–water partition coefficient (Wildman–Crippen LogP) is 6.07. The van der Waals surface area contributed by atoms with Gasteiger partial charge in [0.15, 0.2) is 11.6 Å². The molecule has 3 nitrogen and oxygen atoms in total. The molecule has 0 aromatic heterocycles. The molecule has 154 valence electrons. The molecule has 5 heteroatoms. The van der Waals surface area contributed by atoms with Gasteiger partial charge in [-0.3, -0.25) is 4.79 Å². The van der Waals surface area contributed by atoms with Crippen LogP contribution < -0.4 is 5.32 Å². The van der Waals surface area contributed by atoms with Crippen molar-refractivity contribution in [3.8, 4) is 11.1 Å². The van der Waals surface area contributed by atoms with Crippen molar-refractivity contribution >= 4 is 11.5 Å². The lowest BCUT2D eigenvalue weighted by atomic mass is 9.80. The number of amides is 1. The fourth-order valence-corrected chi connectivity index (χ4v) is 4.20. The highest BCUT2D eigenvalue weighted by Crippen LogP contribution is 2.42. The molecule has 2 aromatic rings. The van der Waals surface area contributed by atoms with Crippen molar-refractivity contribution in [1.29, 1.82) is 0 Å². The number of halogens is 2. The van der Waals surface area contributed by atoms with Crippen LogP contribution in [0.5, 0.6) is 0 Å². The van der Waals surface area contributed by atoms with Gasteiger partial charge in [0.05, 0.1) is 11.1 Å². The molecule has 1 aliphatic carbocycles. The van der Waals surface area contributed by atoms with Crippen LogP contribution in [0.1, 0.15) is 57.1 Å². The van der Waals surface area contributed by atoms with Crippen molar-refractivity contribution in [2.24, 2.45) is 0 Å². The highest BCUT2D eigenvalue weighted by atomic mass is 19.2. The van der Waals surface area contributed by atoms with Crippen molar-refractivity contribution in [1.82, 2.24) is 5.32 Å². The quantitative estimate of drug-likeness (QED) is 0.644. The van der Waals surface area contributed by atoms with E-state index in [9.17, 15) is 18.7 Å². The maximum atomic E-state index is 13.6. The monoisotopic (exact) mass is 399 g/mol. The second kappa shape index (κ2) is 8.36. The van der Waals surface area contributed by atoms with E-state index in [0.717, 1.165) is 49.8 Å². The van der Waals surface area contributed by atoms with E-state index in [0.29, 0.717) is 22.3 Å². The molecule has 1 spiro atoms. The summed E-state index contributed by atoms with van der Waals surface area (Å²) in [7, 11) is 0. The fourth-order valence-electron chi connectivity index (χ4n) is 4.20. The zero-order chi connectivity index (χ0) is 21.2. The van der Waals surface area contributed by atoms with E-state index < -0.39 is 17.2 Å². The van der Waals surface area contributed by atoms with E-state index in [-0.39, 0.29) is 11.7 Å². The number of hydrogen-bond acceptors (Lipinski definition) is 2. The Labute approximate surface area is 170 Å². The second-order valence-electron chi connectivity index (χ2n) is 7.48. The first-order chi connectivity index (χ1) is 13.9. The van der Waals surface area contributed by atoms with Crippen LogP contribution in [0.4, 0.5) is 8.78 Å². The molecule has 2 aliphatic rings. The summed E-state index contributed by atoms with van der Waals surface area (Å²) in [5.41, 5.74) is 2.27. The van der Waals surface area contributed by atoms with E-state index in [2.05, 4.69) is 5.32 Å². The third kappa shape index (κ3) is 3.78. The number of rotatable bonds is 2. The number of hydrogen-bond donors (Lipinski definition) is 2. The summed E-state index contributed by atoms with van der Waals surface area (Å²) in [6, 6.07) is 9.10. The Bertz CT molecular complexity index is 959.